The lowest BCUT2D eigenvalue weighted by Gasteiger charge is -2.36. The van der Waals surface area contributed by atoms with Gasteiger partial charge in [-0.1, -0.05) is 32.9 Å². The molecule has 1 heterocycles. The lowest BCUT2D eigenvalue weighted by molar-refractivity contribution is 0.329. The van der Waals surface area contributed by atoms with Crippen molar-refractivity contribution in [2.75, 3.05) is 44.8 Å². The molecule has 0 saturated carbocycles. The first-order chi connectivity index (χ1) is 14.2. The Morgan fingerprint density at radius 3 is 2.23 bits per heavy atom. The third-order valence-corrected chi connectivity index (χ3v) is 7.26. The maximum Gasteiger partial charge on any atom is 0.243 e. The molecule has 0 radical (unpaired) electrons. The summed E-state index contributed by atoms with van der Waals surface area (Å²) in [5.41, 5.74) is 1.67. The Morgan fingerprint density at radius 2 is 1.63 bits per heavy atom. The van der Waals surface area contributed by atoms with E-state index in [1.165, 1.54) is 0 Å². The van der Waals surface area contributed by atoms with E-state index in [9.17, 15) is 8.42 Å². The Morgan fingerprint density at radius 1 is 0.967 bits per heavy atom. The monoisotopic (exact) mass is 432 g/mol. The zero-order valence-electron chi connectivity index (χ0n) is 18.5. The van der Waals surface area contributed by atoms with E-state index in [0.29, 0.717) is 37.7 Å². The third-order valence-electron chi connectivity index (χ3n) is 5.36. The van der Waals surface area contributed by atoms with Crippen LogP contribution < -0.4 is 14.4 Å². The maximum atomic E-state index is 13.3. The summed E-state index contributed by atoms with van der Waals surface area (Å²) in [6, 6.07) is 13.0. The van der Waals surface area contributed by atoms with Gasteiger partial charge in [0.1, 0.15) is 11.5 Å². The number of methoxy groups -OCH3 is 1. The molecule has 30 heavy (non-hydrogen) atoms. The van der Waals surface area contributed by atoms with Gasteiger partial charge in [-0.3, -0.25) is 0 Å². The first-order valence-electron chi connectivity index (χ1n) is 10.3. The van der Waals surface area contributed by atoms with Crippen LogP contribution in [0.3, 0.4) is 0 Å². The second kappa shape index (κ2) is 8.86. The minimum Gasteiger partial charge on any atom is -0.495 e. The molecule has 0 atom stereocenters. The van der Waals surface area contributed by atoms with Crippen molar-refractivity contribution in [1.29, 1.82) is 0 Å². The SMILES string of the molecule is CCOc1ccc(S(=O)(=O)N2CCN(c3ccccc3OC)CC2)cc1C(C)(C)C. The van der Waals surface area contributed by atoms with Gasteiger partial charge in [-0.05, 0) is 42.7 Å². The summed E-state index contributed by atoms with van der Waals surface area (Å²) in [7, 11) is -1.93. The third kappa shape index (κ3) is 4.57. The van der Waals surface area contributed by atoms with Crippen LogP contribution in [0, 0.1) is 0 Å². The van der Waals surface area contributed by atoms with Gasteiger partial charge in [0.2, 0.25) is 10.0 Å². The Balaban J connectivity index is 1.82. The van der Waals surface area contributed by atoms with E-state index in [1.54, 1.807) is 29.6 Å². The number of rotatable bonds is 6. The highest BCUT2D eigenvalue weighted by atomic mass is 32.2. The van der Waals surface area contributed by atoms with Gasteiger partial charge >= 0.3 is 0 Å². The molecule has 1 aliphatic rings. The number of benzene rings is 2. The van der Waals surface area contributed by atoms with Crippen LogP contribution >= 0.6 is 0 Å². The van der Waals surface area contributed by atoms with Crippen LogP contribution in [0.5, 0.6) is 11.5 Å². The second-order valence-corrected chi connectivity index (χ2v) is 10.3. The van der Waals surface area contributed by atoms with Gasteiger partial charge in [0.05, 0.1) is 24.3 Å². The Bertz CT molecular complexity index is 975. The number of sulfonamides is 1. The van der Waals surface area contributed by atoms with Crippen molar-refractivity contribution in [1.82, 2.24) is 4.31 Å². The molecular weight excluding hydrogens is 400 g/mol. The molecule has 3 rings (SSSR count). The van der Waals surface area contributed by atoms with E-state index in [0.717, 1.165) is 22.7 Å². The fourth-order valence-electron chi connectivity index (χ4n) is 3.75. The standard InChI is InChI=1S/C23H32N2O4S/c1-6-29-21-12-11-18(17-19(21)23(2,3)4)30(26,27)25-15-13-24(14-16-25)20-9-7-8-10-22(20)28-5/h7-12,17H,6,13-16H2,1-5H3. The molecule has 2 aromatic carbocycles. The van der Waals surface area contributed by atoms with Gasteiger partial charge in [-0.2, -0.15) is 4.31 Å². The van der Waals surface area contributed by atoms with Gasteiger partial charge < -0.3 is 14.4 Å². The molecule has 0 aliphatic carbocycles. The predicted octanol–water partition coefficient (Wildman–Crippen LogP) is 3.90. The summed E-state index contributed by atoms with van der Waals surface area (Å²) >= 11 is 0. The maximum absolute atomic E-state index is 13.3. The van der Waals surface area contributed by atoms with Crippen molar-refractivity contribution < 1.29 is 17.9 Å². The Kier molecular flexibility index (Phi) is 6.62. The highest BCUT2D eigenvalue weighted by Crippen LogP contribution is 2.35. The van der Waals surface area contributed by atoms with E-state index in [4.69, 9.17) is 9.47 Å². The zero-order valence-corrected chi connectivity index (χ0v) is 19.3. The van der Waals surface area contributed by atoms with E-state index in [2.05, 4.69) is 25.7 Å². The number of para-hydroxylation sites is 2. The predicted molar refractivity (Wildman–Crippen MR) is 120 cm³/mol. The molecule has 0 spiro atoms. The lowest BCUT2D eigenvalue weighted by Crippen LogP contribution is -2.48. The summed E-state index contributed by atoms with van der Waals surface area (Å²) in [5.74, 6) is 1.54. The molecule has 0 unspecified atom stereocenters. The van der Waals surface area contributed by atoms with Crippen LogP contribution in [0.2, 0.25) is 0 Å². The average Bonchev–Trinajstić information content (AvgIpc) is 2.73. The summed E-state index contributed by atoms with van der Waals surface area (Å²) in [4.78, 5) is 2.49. The van der Waals surface area contributed by atoms with Crippen molar-refractivity contribution in [2.45, 2.75) is 38.0 Å². The van der Waals surface area contributed by atoms with Gasteiger partial charge in [0.25, 0.3) is 0 Å². The van der Waals surface area contributed by atoms with Crippen molar-refractivity contribution in [3.8, 4) is 11.5 Å². The summed E-state index contributed by atoms with van der Waals surface area (Å²) < 4.78 is 39.4. The van der Waals surface area contributed by atoms with Crippen molar-refractivity contribution in [3.63, 3.8) is 0 Å². The van der Waals surface area contributed by atoms with E-state index >= 15 is 0 Å². The topological polar surface area (TPSA) is 59.1 Å². The number of hydrogen-bond acceptors (Lipinski definition) is 5. The Labute approximate surface area is 180 Å². The molecule has 0 amide bonds. The van der Waals surface area contributed by atoms with Crippen molar-refractivity contribution >= 4 is 15.7 Å². The molecular formula is C23H32N2O4S. The fourth-order valence-corrected chi connectivity index (χ4v) is 5.20. The molecule has 0 aromatic heterocycles. The number of ether oxygens (including phenoxy) is 2. The molecule has 0 N–H and O–H groups in total. The minimum atomic E-state index is -3.58. The van der Waals surface area contributed by atoms with Gasteiger partial charge in [-0.15, -0.1) is 0 Å². The largest absolute Gasteiger partial charge is 0.495 e. The van der Waals surface area contributed by atoms with Crippen LogP contribution in [-0.4, -0.2) is 52.6 Å². The quantitative estimate of drug-likeness (QED) is 0.693. The molecule has 1 saturated heterocycles. The number of hydrogen-bond donors (Lipinski definition) is 0. The molecule has 7 heteroatoms. The smallest absolute Gasteiger partial charge is 0.243 e. The zero-order chi connectivity index (χ0) is 21.9. The Hall–Kier alpha value is -2.25. The molecule has 1 fully saturated rings. The first-order valence-corrected chi connectivity index (χ1v) is 11.8. The van der Waals surface area contributed by atoms with Crippen LogP contribution in [-0.2, 0) is 15.4 Å². The van der Waals surface area contributed by atoms with E-state index in [1.807, 2.05) is 31.2 Å². The summed E-state index contributed by atoms with van der Waals surface area (Å²) in [6.07, 6.45) is 0. The van der Waals surface area contributed by atoms with Crippen LogP contribution in [0.15, 0.2) is 47.4 Å². The normalized spacial score (nSPS) is 15.8. The highest BCUT2D eigenvalue weighted by molar-refractivity contribution is 7.89. The fraction of sp³-hybridized carbons (Fsp3) is 0.478. The molecule has 6 nitrogen and oxygen atoms in total. The first kappa shape index (κ1) is 22.4. The highest BCUT2D eigenvalue weighted by Gasteiger charge is 2.31. The minimum absolute atomic E-state index is 0.224. The number of piperazine rings is 1. The average molecular weight is 433 g/mol. The van der Waals surface area contributed by atoms with Crippen LogP contribution in [0.25, 0.3) is 0 Å². The number of anilines is 1. The number of nitrogens with zero attached hydrogens (tertiary/aromatic N) is 2. The van der Waals surface area contributed by atoms with Gasteiger partial charge in [-0.25, -0.2) is 8.42 Å². The van der Waals surface area contributed by atoms with Gasteiger partial charge in [0.15, 0.2) is 0 Å². The van der Waals surface area contributed by atoms with E-state index < -0.39 is 10.0 Å². The summed E-state index contributed by atoms with van der Waals surface area (Å²) in [6.45, 7) is 10.7. The molecule has 164 valence electrons. The summed E-state index contributed by atoms with van der Waals surface area (Å²) in [5, 5.41) is 0. The second-order valence-electron chi connectivity index (χ2n) is 8.40. The molecule has 0 bridgehead atoms. The van der Waals surface area contributed by atoms with Crippen LogP contribution in [0.4, 0.5) is 5.69 Å². The molecule has 2 aromatic rings. The lowest BCUT2D eigenvalue weighted by atomic mass is 9.86. The van der Waals surface area contributed by atoms with Crippen LogP contribution in [0.1, 0.15) is 33.3 Å². The molecule has 1 aliphatic heterocycles. The van der Waals surface area contributed by atoms with E-state index in [-0.39, 0.29) is 5.41 Å². The van der Waals surface area contributed by atoms with Gasteiger partial charge in [0, 0.05) is 31.7 Å². The van der Waals surface area contributed by atoms with Crippen molar-refractivity contribution in [2.24, 2.45) is 0 Å². The van der Waals surface area contributed by atoms with Crippen molar-refractivity contribution in [3.05, 3.63) is 48.0 Å².